The second-order valence-corrected chi connectivity index (χ2v) is 7.33. The molecule has 28 heavy (non-hydrogen) atoms. The number of aliphatic hydroxyl groups excluding tert-OH is 5. The van der Waals surface area contributed by atoms with Gasteiger partial charge < -0.3 is 39.7 Å². The molecule has 0 spiro atoms. The molecule has 164 valence electrons. The Morgan fingerprint density at radius 3 is 1.21 bits per heavy atom. The molecule has 0 aliphatic rings. The number of carbonyl (C=O) groups excluding carboxylic acids is 3. The molecule has 0 atom stereocenters. The van der Waals surface area contributed by atoms with Gasteiger partial charge in [0.05, 0.1) is 33.0 Å². The van der Waals surface area contributed by atoms with Gasteiger partial charge in [0.1, 0.15) is 36.1 Å². The smallest absolute Gasteiger partial charge is 0.318 e. The van der Waals surface area contributed by atoms with Crippen molar-refractivity contribution in [3.05, 3.63) is 0 Å². The van der Waals surface area contributed by atoms with Crippen molar-refractivity contribution in [3.8, 4) is 0 Å². The summed E-state index contributed by atoms with van der Waals surface area (Å²) in [5, 5.41) is 45.7. The molecule has 11 heteroatoms. The minimum Gasteiger partial charge on any atom is -0.464 e. The molecule has 0 amide bonds. The number of rotatable bonds is 13. The molecular formula is C17H30O11. The van der Waals surface area contributed by atoms with Gasteiger partial charge in [-0.25, -0.2) is 0 Å². The third kappa shape index (κ3) is 6.67. The first kappa shape index (κ1) is 26.2. The Hall–Kier alpha value is -1.79. The van der Waals surface area contributed by atoms with Gasteiger partial charge in [0.15, 0.2) is 0 Å². The summed E-state index contributed by atoms with van der Waals surface area (Å²) in [6.07, 6.45) is 0. The molecule has 0 aliphatic heterocycles. The standard InChI is InChI=1S/C17H30O11/c1-15(6-19,7-20)12(23)27-10-17(3,14(25)26-5-4-18)11-28-13(24)16(2,8-21)9-22/h18-22H,4-11H2,1-3H3. The van der Waals surface area contributed by atoms with Crippen LogP contribution in [0.25, 0.3) is 0 Å². The van der Waals surface area contributed by atoms with Gasteiger partial charge in [0.25, 0.3) is 0 Å². The van der Waals surface area contributed by atoms with E-state index in [0.29, 0.717) is 0 Å². The molecule has 0 fully saturated rings. The maximum atomic E-state index is 12.3. The van der Waals surface area contributed by atoms with Gasteiger partial charge in [-0.15, -0.1) is 0 Å². The predicted molar refractivity (Wildman–Crippen MR) is 92.6 cm³/mol. The van der Waals surface area contributed by atoms with Crippen LogP contribution in [0.5, 0.6) is 0 Å². The second kappa shape index (κ2) is 11.3. The molecular weight excluding hydrogens is 380 g/mol. The van der Waals surface area contributed by atoms with Gasteiger partial charge in [-0.05, 0) is 20.8 Å². The monoisotopic (exact) mass is 410 g/mol. The molecule has 5 N–H and O–H groups in total. The number of hydrogen-bond donors (Lipinski definition) is 5. The molecule has 11 nitrogen and oxygen atoms in total. The minimum atomic E-state index is -1.68. The van der Waals surface area contributed by atoms with Crippen molar-refractivity contribution < 1.29 is 54.1 Å². The molecule has 0 saturated heterocycles. The number of esters is 3. The molecule has 0 aromatic heterocycles. The molecule has 0 aromatic carbocycles. The molecule has 0 rings (SSSR count). The van der Waals surface area contributed by atoms with Crippen LogP contribution in [-0.2, 0) is 28.6 Å². The van der Waals surface area contributed by atoms with Gasteiger partial charge in [-0.1, -0.05) is 0 Å². The van der Waals surface area contributed by atoms with Crippen molar-refractivity contribution in [2.24, 2.45) is 16.2 Å². The van der Waals surface area contributed by atoms with Gasteiger partial charge in [0, 0.05) is 0 Å². The lowest BCUT2D eigenvalue weighted by Gasteiger charge is -2.30. The summed E-state index contributed by atoms with van der Waals surface area (Å²) in [5.74, 6) is -2.91. The van der Waals surface area contributed by atoms with Crippen LogP contribution >= 0.6 is 0 Å². The first-order chi connectivity index (χ1) is 13.0. The summed E-state index contributed by atoms with van der Waals surface area (Å²) in [6, 6.07) is 0. The zero-order valence-electron chi connectivity index (χ0n) is 16.3. The van der Waals surface area contributed by atoms with Crippen molar-refractivity contribution in [2.75, 3.05) is 52.9 Å². The lowest BCUT2D eigenvalue weighted by molar-refractivity contribution is -0.179. The SMILES string of the molecule is CC(CO)(CO)C(=O)OCC(C)(COC(=O)C(C)(CO)CO)C(=O)OCCO. The third-order valence-corrected chi connectivity index (χ3v) is 4.24. The van der Waals surface area contributed by atoms with E-state index in [-0.39, 0.29) is 6.61 Å². The molecule has 0 aliphatic carbocycles. The first-order valence-electron chi connectivity index (χ1n) is 8.54. The van der Waals surface area contributed by atoms with Crippen molar-refractivity contribution in [1.29, 1.82) is 0 Å². The highest BCUT2D eigenvalue weighted by Gasteiger charge is 2.43. The average molecular weight is 410 g/mol. The number of hydrogen-bond acceptors (Lipinski definition) is 11. The fourth-order valence-electron chi connectivity index (χ4n) is 1.63. The number of aliphatic hydroxyl groups is 5. The van der Waals surface area contributed by atoms with Crippen molar-refractivity contribution in [3.63, 3.8) is 0 Å². The van der Waals surface area contributed by atoms with E-state index in [4.69, 9.17) is 19.3 Å². The Morgan fingerprint density at radius 1 is 0.607 bits per heavy atom. The first-order valence-corrected chi connectivity index (χ1v) is 8.54. The van der Waals surface area contributed by atoms with Crippen LogP contribution in [0.1, 0.15) is 20.8 Å². The van der Waals surface area contributed by atoms with E-state index < -0.39 is 80.4 Å². The van der Waals surface area contributed by atoms with E-state index in [9.17, 15) is 34.8 Å². The van der Waals surface area contributed by atoms with E-state index in [1.165, 1.54) is 20.8 Å². The van der Waals surface area contributed by atoms with E-state index in [0.717, 1.165) is 0 Å². The highest BCUT2D eigenvalue weighted by molar-refractivity contribution is 5.80. The zero-order chi connectivity index (χ0) is 22.0. The normalized spacial score (nSPS) is 12.4. The second-order valence-electron chi connectivity index (χ2n) is 7.33. The van der Waals surface area contributed by atoms with Crippen LogP contribution in [0.3, 0.4) is 0 Å². The summed E-state index contributed by atoms with van der Waals surface area (Å²) in [5.41, 5.74) is -4.88. The van der Waals surface area contributed by atoms with Crippen molar-refractivity contribution >= 4 is 17.9 Å². The van der Waals surface area contributed by atoms with Crippen LogP contribution < -0.4 is 0 Å². The quantitative estimate of drug-likeness (QED) is 0.161. The van der Waals surface area contributed by atoms with Gasteiger partial charge in [0.2, 0.25) is 0 Å². The van der Waals surface area contributed by atoms with Crippen LogP contribution in [0, 0.1) is 16.2 Å². The van der Waals surface area contributed by atoms with Gasteiger partial charge >= 0.3 is 17.9 Å². The Bertz CT molecular complexity index is 489. The fraction of sp³-hybridized carbons (Fsp3) is 0.824. The Morgan fingerprint density at radius 2 is 0.929 bits per heavy atom. The largest absolute Gasteiger partial charge is 0.464 e. The summed E-state index contributed by atoms with van der Waals surface area (Å²) in [7, 11) is 0. The highest BCUT2D eigenvalue weighted by atomic mass is 16.6. The van der Waals surface area contributed by atoms with Gasteiger partial charge in [-0.3, -0.25) is 14.4 Å². The molecule has 0 saturated carbocycles. The average Bonchev–Trinajstić information content (AvgIpc) is 2.72. The Balaban J connectivity index is 5.31. The van der Waals surface area contributed by atoms with Gasteiger partial charge in [-0.2, -0.15) is 0 Å². The van der Waals surface area contributed by atoms with E-state index in [1.807, 2.05) is 0 Å². The van der Waals surface area contributed by atoms with Crippen LogP contribution in [-0.4, -0.2) is 96.3 Å². The molecule has 0 bridgehead atoms. The summed E-state index contributed by atoms with van der Waals surface area (Å²) < 4.78 is 14.9. The zero-order valence-corrected chi connectivity index (χ0v) is 16.3. The Kier molecular flexibility index (Phi) is 10.5. The third-order valence-electron chi connectivity index (χ3n) is 4.24. The fourth-order valence-corrected chi connectivity index (χ4v) is 1.63. The topological polar surface area (TPSA) is 180 Å². The van der Waals surface area contributed by atoms with Crippen molar-refractivity contribution in [2.45, 2.75) is 20.8 Å². The molecule has 0 radical (unpaired) electrons. The number of carbonyl (C=O) groups is 3. The Labute approximate surface area is 162 Å². The number of ether oxygens (including phenoxy) is 3. The highest BCUT2D eigenvalue weighted by Crippen LogP contribution is 2.25. The van der Waals surface area contributed by atoms with Crippen LogP contribution in [0.15, 0.2) is 0 Å². The maximum absolute atomic E-state index is 12.3. The summed E-state index contributed by atoms with van der Waals surface area (Å²) >= 11 is 0. The lowest BCUT2D eigenvalue weighted by atomic mass is 9.90. The molecule has 0 aromatic rings. The maximum Gasteiger partial charge on any atom is 0.318 e. The van der Waals surface area contributed by atoms with Crippen LogP contribution in [0.4, 0.5) is 0 Å². The summed E-state index contributed by atoms with van der Waals surface area (Å²) in [6.45, 7) is -1.05. The van der Waals surface area contributed by atoms with Crippen molar-refractivity contribution in [1.82, 2.24) is 0 Å². The minimum absolute atomic E-state index is 0.341. The predicted octanol–water partition coefficient (Wildman–Crippen LogP) is -2.40. The van der Waals surface area contributed by atoms with E-state index >= 15 is 0 Å². The van der Waals surface area contributed by atoms with E-state index in [2.05, 4.69) is 0 Å². The summed E-state index contributed by atoms with van der Waals surface area (Å²) in [4.78, 5) is 36.5. The lowest BCUT2D eigenvalue weighted by Crippen LogP contribution is -2.45. The molecule has 0 heterocycles. The van der Waals surface area contributed by atoms with E-state index in [1.54, 1.807) is 0 Å². The molecule has 0 unspecified atom stereocenters. The van der Waals surface area contributed by atoms with Crippen LogP contribution in [0.2, 0.25) is 0 Å².